The van der Waals surface area contributed by atoms with Crippen LogP contribution in [0.3, 0.4) is 0 Å². The molecule has 0 spiro atoms. The number of anilines is 2. The second kappa shape index (κ2) is 5.15. The molecule has 0 unspecified atom stereocenters. The van der Waals surface area contributed by atoms with Crippen molar-refractivity contribution in [1.29, 1.82) is 0 Å². The van der Waals surface area contributed by atoms with Crippen LogP contribution in [0.15, 0.2) is 24.3 Å². The Bertz CT molecular complexity index is 462. The summed E-state index contributed by atoms with van der Waals surface area (Å²) in [6.07, 6.45) is 0.536. The van der Waals surface area contributed by atoms with Gasteiger partial charge in [-0.15, -0.1) is 0 Å². The van der Waals surface area contributed by atoms with Crippen molar-refractivity contribution in [1.82, 2.24) is 5.43 Å². The molecule has 0 bridgehead atoms. The molecule has 0 radical (unpaired) electrons. The fourth-order valence-electron chi connectivity index (χ4n) is 1.44. The Balaban J connectivity index is 2.23. The number of hydrogen-bond donors (Lipinski definition) is 2. The zero-order valence-corrected chi connectivity index (χ0v) is 10.3. The summed E-state index contributed by atoms with van der Waals surface area (Å²) in [6, 6.07) is 7.09. The maximum absolute atomic E-state index is 11.6. The number of carbonyl (C=O) groups excluding carboxylic acids is 2. The fraction of sp³-hybridized carbons (Fsp3) is 0.100. The Kier molecular flexibility index (Phi) is 3.60. The summed E-state index contributed by atoms with van der Waals surface area (Å²) in [4.78, 5) is 23.3. The molecule has 2 amide bonds. The van der Waals surface area contributed by atoms with Crippen molar-refractivity contribution in [3.63, 3.8) is 0 Å². The summed E-state index contributed by atoms with van der Waals surface area (Å²) in [7, 11) is 0. The van der Waals surface area contributed by atoms with Gasteiger partial charge in [0.1, 0.15) is 4.32 Å². The van der Waals surface area contributed by atoms with E-state index in [1.54, 1.807) is 24.3 Å². The Morgan fingerprint density at radius 3 is 2.94 bits per heavy atom. The topological polar surface area (TPSA) is 61.4 Å². The Morgan fingerprint density at radius 2 is 2.29 bits per heavy atom. The van der Waals surface area contributed by atoms with E-state index in [9.17, 15) is 9.59 Å². The molecule has 1 fully saturated rings. The number of nitrogens with zero attached hydrogens (tertiary/aromatic N) is 1. The van der Waals surface area contributed by atoms with Crippen LogP contribution in [0, 0.1) is 0 Å². The summed E-state index contributed by atoms with van der Waals surface area (Å²) in [5, 5.41) is 0. The first-order chi connectivity index (χ1) is 8.22. The van der Waals surface area contributed by atoms with Gasteiger partial charge < -0.3 is 0 Å². The monoisotopic (exact) mass is 267 g/mol. The van der Waals surface area contributed by atoms with Gasteiger partial charge in [0.15, 0.2) is 0 Å². The molecule has 88 valence electrons. The fourth-order valence-corrected chi connectivity index (χ4v) is 2.54. The summed E-state index contributed by atoms with van der Waals surface area (Å²) >= 11 is 6.45. The first-order valence-electron chi connectivity index (χ1n) is 4.77. The molecule has 0 aliphatic carbocycles. The lowest BCUT2D eigenvalue weighted by atomic mass is 10.2. The molecular formula is C10H9N3O2S2. The zero-order chi connectivity index (χ0) is 12.3. The van der Waals surface area contributed by atoms with Crippen LogP contribution in [0.1, 0.15) is 0 Å². The molecule has 7 heteroatoms. The third-order valence-electron chi connectivity index (χ3n) is 2.13. The van der Waals surface area contributed by atoms with Crippen LogP contribution in [0.4, 0.5) is 11.4 Å². The highest BCUT2D eigenvalue weighted by Gasteiger charge is 2.27. The van der Waals surface area contributed by atoms with Crippen LogP contribution in [0.5, 0.6) is 0 Å². The highest BCUT2D eigenvalue weighted by Crippen LogP contribution is 2.28. The van der Waals surface area contributed by atoms with Gasteiger partial charge in [0, 0.05) is 0 Å². The minimum Gasteiger partial charge on any atom is -0.299 e. The van der Waals surface area contributed by atoms with E-state index in [-0.39, 0.29) is 5.91 Å². The molecule has 2 N–H and O–H groups in total. The van der Waals surface area contributed by atoms with Crippen molar-refractivity contribution < 1.29 is 9.59 Å². The molecule has 17 heavy (non-hydrogen) atoms. The van der Waals surface area contributed by atoms with Gasteiger partial charge >= 0.3 is 0 Å². The van der Waals surface area contributed by atoms with Crippen molar-refractivity contribution in [3.8, 4) is 0 Å². The quantitative estimate of drug-likeness (QED) is 0.486. The highest BCUT2D eigenvalue weighted by molar-refractivity contribution is 8.24. The van der Waals surface area contributed by atoms with E-state index in [1.165, 1.54) is 16.7 Å². The summed E-state index contributed by atoms with van der Waals surface area (Å²) < 4.78 is 0.551. The lowest BCUT2D eigenvalue weighted by Gasteiger charge is -2.16. The predicted molar refractivity (Wildman–Crippen MR) is 71.8 cm³/mol. The number of thiocarbonyl (C=S) groups is 1. The van der Waals surface area contributed by atoms with Crippen LogP contribution in [-0.4, -0.2) is 22.4 Å². The van der Waals surface area contributed by atoms with Crippen molar-refractivity contribution in [2.75, 3.05) is 16.1 Å². The molecule has 1 aliphatic rings. The lowest BCUT2D eigenvalue weighted by molar-refractivity contribution is -0.115. The maximum atomic E-state index is 11.6. The van der Waals surface area contributed by atoms with Gasteiger partial charge in [0.25, 0.3) is 0 Å². The van der Waals surface area contributed by atoms with E-state index < -0.39 is 0 Å². The average molecular weight is 267 g/mol. The first-order valence-corrected chi connectivity index (χ1v) is 6.17. The molecule has 2 rings (SSSR count). The van der Waals surface area contributed by atoms with E-state index in [0.717, 1.165) is 0 Å². The molecule has 5 nitrogen and oxygen atoms in total. The van der Waals surface area contributed by atoms with Crippen LogP contribution in [0.2, 0.25) is 0 Å². The average Bonchev–Trinajstić information content (AvgIpc) is 2.67. The van der Waals surface area contributed by atoms with Crippen molar-refractivity contribution in [2.24, 2.45) is 0 Å². The number of rotatable bonds is 4. The molecule has 1 aromatic carbocycles. The third kappa shape index (κ3) is 2.56. The maximum Gasteiger partial charge on any atom is 0.243 e. The molecule has 1 aliphatic heterocycles. The summed E-state index contributed by atoms with van der Waals surface area (Å²) in [5.41, 5.74) is 6.39. The van der Waals surface area contributed by atoms with Gasteiger partial charge in [0.2, 0.25) is 12.3 Å². The first kappa shape index (κ1) is 11.9. The van der Waals surface area contributed by atoms with Gasteiger partial charge in [-0.1, -0.05) is 30.0 Å². The molecular weight excluding hydrogens is 258 g/mol. The zero-order valence-electron chi connectivity index (χ0n) is 8.67. The van der Waals surface area contributed by atoms with Crippen LogP contribution in [0.25, 0.3) is 0 Å². The third-order valence-corrected chi connectivity index (χ3v) is 3.49. The molecule has 1 aromatic rings. The number of hydrazine groups is 1. The van der Waals surface area contributed by atoms with Crippen LogP contribution >= 0.6 is 24.0 Å². The van der Waals surface area contributed by atoms with Crippen molar-refractivity contribution >= 4 is 52.0 Å². The van der Waals surface area contributed by atoms with E-state index >= 15 is 0 Å². The predicted octanol–water partition coefficient (Wildman–Crippen LogP) is 1.12. The second-order valence-corrected chi connectivity index (χ2v) is 4.83. The smallest absolute Gasteiger partial charge is 0.243 e. The van der Waals surface area contributed by atoms with E-state index in [4.69, 9.17) is 12.2 Å². The molecule has 0 saturated carbocycles. The van der Waals surface area contributed by atoms with Crippen molar-refractivity contribution in [2.45, 2.75) is 0 Å². The van der Waals surface area contributed by atoms with Gasteiger partial charge in [0.05, 0.1) is 17.1 Å². The van der Waals surface area contributed by atoms with Gasteiger partial charge in [-0.25, -0.2) is 0 Å². The molecule has 0 aromatic heterocycles. The van der Waals surface area contributed by atoms with E-state index in [1.807, 2.05) is 0 Å². The number of thioether (sulfide) groups is 1. The van der Waals surface area contributed by atoms with Crippen LogP contribution in [-0.2, 0) is 9.59 Å². The Labute approximate surface area is 108 Å². The minimum absolute atomic E-state index is 0.0273. The van der Waals surface area contributed by atoms with Gasteiger partial charge in [-0.3, -0.25) is 25.3 Å². The Hall–Kier alpha value is -1.60. The second-order valence-electron chi connectivity index (χ2n) is 3.22. The highest BCUT2D eigenvalue weighted by atomic mass is 32.2. The Morgan fingerprint density at radius 1 is 1.47 bits per heavy atom. The van der Waals surface area contributed by atoms with E-state index in [0.29, 0.717) is 27.9 Å². The molecule has 1 heterocycles. The van der Waals surface area contributed by atoms with E-state index in [2.05, 4.69) is 10.9 Å². The summed E-state index contributed by atoms with van der Waals surface area (Å²) in [6.45, 7) is 0. The van der Waals surface area contributed by atoms with Gasteiger partial charge in [-0.2, -0.15) is 0 Å². The summed E-state index contributed by atoms with van der Waals surface area (Å²) in [5.74, 6) is 0.351. The lowest BCUT2D eigenvalue weighted by Crippen LogP contribution is -2.28. The molecule has 1 saturated heterocycles. The number of amides is 2. The standard InChI is InChI=1S/C10H9N3O2S2/c14-6-11-12-7-2-1-3-8(4-7)13-9(15)5-17-10(13)16/h1-4,6,12H,5H2,(H,11,14). The number of nitrogens with one attached hydrogen (secondary N) is 2. The largest absolute Gasteiger partial charge is 0.299 e. The molecule has 0 atom stereocenters. The number of carbonyl (C=O) groups is 2. The number of benzene rings is 1. The number of hydrogen-bond acceptors (Lipinski definition) is 5. The SMILES string of the molecule is O=CNNc1cccc(N2C(=O)CSC2=S)c1. The van der Waals surface area contributed by atoms with Crippen LogP contribution < -0.4 is 15.8 Å². The normalized spacial score (nSPS) is 14.9. The van der Waals surface area contributed by atoms with Crippen molar-refractivity contribution in [3.05, 3.63) is 24.3 Å². The van der Waals surface area contributed by atoms with Gasteiger partial charge in [-0.05, 0) is 18.2 Å². The minimum atomic E-state index is -0.0273.